The van der Waals surface area contributed by atoms with E-state index in [0.29, 0.717) is 0 Å². The number of rotatable bonds is 0. The van der Waals surface area contributed by atoms with Crippen molar-refractivity contribution in [3.8, 4) is 0 Å². The standard InChI is InChI=1S/C6H5Br3.C2H6/c7-4-2-1-3-5(8)6(4)9;1-2/h2H,1,3H2;1-2H3. The monoisotopic (exact) mass is 344 g/mol. The summed E-state index contributed by atoms with van der Waals surface area (Å²) in [6.07, 6.45) is 4.39. The highest BCUT2D eigenvalue weighted by atomic mass is 79.9. The number of hydrogen-bond acceptors (Lipinski definition) is 0. The van der Waals surface area contributed by atoms with Crippen LogP contribution in [0, 0.1) is 0 Å². The van der Waals surface area contributed by atoms with Gasteiger partial charge in [0, 0.05) is 13.4 Å². The summed E-state index contributed by atoms with van der Waals surface area (Å²) in [6, 6.07) is 0. The highest BCUT2D eigenvalue weighted by molar-refractivity contribution is 9.16. The van der Waals surface area contributed by atoms with Crippen LogP contribution < -0.4 is 0 Å². The molecule has 0 aromatic rings. The number of hydrogen-bond donors (Lipinski definition) is 0. The maximum Gasteiger partial charge on any atom is 0.0415 e. The van der Waals surface area contributed by atoms with Crippen molar-refractivity contribution in [3.05, 3.63) is 19.5 Å². The van der Waals surface area contributed by atoms with Gasteiger partial charge in [0.05, 0.1) is 0 Å². The molecular formula is C8H11Br3. The highest BCUT2D eigenvalue weighted by Crippen LogP contribution is 2.35. The van der Waals surface area contributed by atoms with Gasteiger partial charge in [-0.2, -0.15) is 0 Å². The van der Waals surface area contributed by atoms with E-state index in [4.69, 9.17) is 0 Å². The third-order valence-corrected chi connectivity index (χ3v) is 4.62. The largest absolute Gasteiger partial charge is 0.0687 e. The van der Waals surface area contributed by atoms with Crippen molar-refractivity contribution in [2.24, 2.45) is 0 Å². The molecule has 0 radical (unpaired) electrons. The van der Waals surface area contributed by atoms with E-state index in [2.05, 4.69) is 53.9 Å². The fourth-order valence-corrected chi connectivity index (χ4v) is 2.19. The zero-order chi connectivity index (χ0) is 8.85. The molecule has 0 saturated heterocycles. The second kappa shape index (κ2) is 6.44. The van der Waals surface area contributed by atoms with Crippen LogP contribution in [0.4, 0.5) is 0 Å². The van der Waals surface area contributed by atoms with Crippen molar-refractivity contribution in [3.63, 3.8) is 0 Å². The molecule has 0 fully saturated rings. The molecule has 0 spiro atoms. The molecule has 0 aromatic carbocycles. The average molecular weight is 347 g/mol. The Morgan fingerprint density at radius 1 is 1.18 bits per heavy atom. The van der Waals surface area contributed by atoms with Crippen molar-refractivity contribution in [2.75, 3.05) is 0 Å². The third-order valence-electron chi connectivity index (χ3n) is 1.14. The summed E-state index contributed by atoms with van der Waals surface area (Å²) < 4.78 is 3.55. The Hall–Kier alpha value is 0.920. The SMILES string of the molecule is BrC1=CCCC(Br)=C1Br.CC. The Morgan fingerprint density at radius 3 is 2.09 bits per heavy atom. The molecule has 0 aliphatic heterocycles. The second-order valence-electron chi connectivity index (χ2n) is 1.81. The minimum Gasteiger partial charge on any atom is -0.0687 e. The molecule has 0 saturated carbocycles. The summed E-state index contributed by atoms with van der Waals surface area (Å²) in [7, 11) is 0. The van der Waals surface area contributed by atoms with E-state index in [-0.39, 0.29) is 0 Å². The van der Waals surface area contributed by atoms with Crippen LogP contribution in [0.15, 0.2) is 19.5 Å². The molecule has 0 heterocycles. The molecular weight excluding hydrogens is 336 g/mol. The molecule has 0 unspecified atom stereocenters. The van der Waals surface area contributed by atoms with Crippen LogP contribution in [0.5, 0.6) is 0 Å². The predicted octanol–water partition coefficient (Wildman–Crippen LogP) is 5.09. The van der Waals surface area contributed by atoms with Gasteiger partial charge in [-0.15, -0.1) is 0 Å². The Morgan fingerprint density at radius 2 is 1.73 bits per heavy atom. The normalized spacial score (nSPS) is 17.0. The number of halogens is 3. The van der Waals surface area contributed by atoms with Gasteiger partial charge in [-0.1, -0.05) is 35.9 Å². The first-order valence-electron chi connectivity index (χ1n) is 3.62. The second-order valence-corrected chi connectivity index (χ2v) is 4.41. The first-order valence-corrected chi connectivity index (χ1v) is 6.00. The summed E-state index contributed by atoms with van der Waals surface area (Å²) in [5.74, 6) is 0. The van der Waals surface area contributed by atoms with E-state index in [1.807, 2.05) is 13.8 Å². The Balaban J connectivity index is 0.000000461. The molecule has 3 heteroatoms. The highest BCUT2D eigenvalue weighted by Gasteiger charge is 2.07. The van der Waals surface area contributed by atoms with E-state index in [0.717, 1.165) is 21.8 Å². The van der Waals surface area contributed by atoms with E-state index in [1.54, 1.807) is 0 Å². The summed E-state index contributed by atoms with van der Waals surface area (Å²) in [5, 5.41) is 0. The molecule has 1 aliphatic rings. The quantitative estimate of drug-likeness (QED) is 0.573. The molecule has 0 amide bonds. The first-order chi connectivity index (χ1) is 5.22. The summed E-state index contributed by atoms with van der Waals surface area (Å²) in [5.41, 5.74) is 0. The zero-order valence-corrected chi connectivity index (χ0v) is 11.4. The fourth-order valence-electron chi connectivity index (χ4n) is 0.655. The van der Waals surface area contributed by atoms with Crippen molar-refractivity contribution >= 4 is 47.8 Å². The lowest BCUT2D eigenvalue weighted by Gasteiger charge is -2.07. The van der Waals surface area contributed by atoms with Gasteiger partial charge in [-0.3, -0.25) is 0 Å². The van der Waals surface area contributed by atoms with Crippen molar-refractivity contribution in [1.82, 2.24) is 0 Å². The average Bonchev–Trinajstić information content (AvgIpc) is 2.04. The van der Waals surface area contributed by atoms with Crippen molar-refractivity contribution in [2.45, 2.75) is 26.7 Å². The van der Waals surface area contributed by atoms with Gasteiger partial charge in [0.1, 0.15) is 0 Å². The van der Waals surface area contributed by atoms with Crippen LogP contribution >= 0.6 is 47.8 Å². The Kier molecular flexibility index (Phi) is 6.98. The minimum absolute atomic E-state index is 1.11. The summed E-state index contributed by atoms with van der Waals surface area (Å²) in [6.45, 7) is 4.00. The molecule has 1 aliphatic carbocycles. The fraction of sp³-hybridized carbons (Fsp3) is 0.500. The van der Waals surface area contributed by atoms with Crippen LogP contribution in [-0.4, -0.2) is 0 Å². The van der Waals surface area contributed by atoms with E-state index in [9.17, 15) is 0 Å². The number of allylic oxidation sites excluding steroid dienone is 4. The molecule has 0 aromatic heterocycles. The lowest BCUT2D eigenvalue weighted by atomic mass is 10.2. The van der Waals surface area contributed by atoms with Crippen molar-refractivity contribution in [1.29, 1.82) is 0 Å². The van der Waals surface area contributed by atoms with Gasteiger partial charge in [0.15, 0.2) is 0 Å². The lowest BCUT2D eigenvalue weighted by Crippen LogP contribution is -1.85. The van der Waals surface area contributed by atoms with Gasteiger partial charge in [-0.05, 0) is 44.7 Å². The molecule has 0 nitrogen and oxygen atoms in total. The van der Waals surface area contributed by atoms with E-state index >= 15 is 0 Å². The third kappa shape index (κ3) is 3.90. The molecule has 0 bridgehead atoms. The smallest absolute Gasteiger partial charge is 0.0415 e. The minimum atomic E-state index is 1.11. The molecule has 64 valence electrons. The van der Waals surface area contributed by atoms with Crippen LogP contribution in [0.3, 0.4) is 0 Å². The van der Waals surface area contributed by atoms with Gasteiger partial charge in [-0.25, -0.2) is 0 Å². The maximum atomic E-state index is 3.46. The lowest BCUT2D eigenvalue weighted by molar-refractivity contribution is 1.02. The van der Waals surface area contributed by atoms with Crippen LogP contribution in [-0.2, 0) is 0 Å². The Labute approximate surface area is 93.5 Å². The van der Waals surface area contributed by atoms with Crippen molar-refractivity contribution < 1.29 is 0 Å². The van der Waals surface area contributed by atoms with Crippen LogP contribution in [0.25, 0.3) is 0 Å². The maximum absolute atomic E-state index is 3.46. The topological polar surface area (TPSA) is 0 Å². The summed E-state index contributed by atoms with van der Waals surface area (Å²) in [4.78, 5) is 0. The van der Waals surface area contributed by atoms with Gasteiger partial charge >= 0.3 is 0 Å². The van der Waals surface area contributed by atoms with E-state index in [1.165, 1.54) is 4.48 Å². The van der Waals surface area contributed by atoms with Gasteiger partial charge in [0.2, 0.25) is 0 Å². The van der Waals surface area contributed by atoms with E-state index < -0.39 is 0 Å². The first kappa shape index (κ1) is 11.9. The van der Waals surface area contributed by atoms with Crippen LogP contribution in [0.2, 0.25) is 0 Å². The van der Waals surface area contributed by atoms with Gasteiger partial charge < -0.3 is 0 Å². The Bertz CT molecular complexity index is 180. The molecule has 1 rings (SSSR count). The van der Waals surface area contributed by atoms with Crippen LogP contribution in [0.1, 0.15) is 26.7 Å². The predicted molar refractivity (Wildman–Crippen MR) is 62.5 cm³/mol. The molecule has 11 heavy (non-hydrogen) atoms. The summed E-state index contributed by atoms with van der Waals surface area (Å²) >= 11 is 10.3. The zero-order valence-electron chi connectivity index (χ0n) is 6.63. The van der Waals surface area contributed by atoms with Gasteiger partial charge in [0.25, 0.3) is 0 Å². The molecule has 0 N–H and O–H groups in total. The molecule has 0 atom stereocenters.